The minimum Gasteiger partial charge on any atom is -0.143 e. The minimum absolute atomic E-state index is 0.624. The summed E-state index contributed by atoms with van der Waals surface area (Å²) in [6, 6.07) is 9.03. The maximum Gasteiger partial charge on any atom is 0.0794 e. The Kier molecular flexibility index (Phi) is 11.4. The normalized spacial score (nSPS) is 13.6. The molecule has 5 rings (SSSR count). The smallest absolute Gasteiger partial charge is 0.0794 e. The second-order valence-corrected chi connectivity index (χ2v) is 18.0. The van der Waals surface area contributed by atoms with Gasteiger partial charge in [-0.3, -0.25) is 0 Å². The molecule has 0 bridgehead atoms. The van der Waals surface area contributed by atoms with Gasteiger partial charge in [0.1, 0.15) is 0 Å². The highest BCUT2D eigenvalue weighted by molar-refractivity contribution is 8.02. The van der Waals surface area contributed by atoms with Crippen molar-refractivity contribution in [3.05, 3.63) is 45.1 Å². The predicted molar refractivity (Wildman–Crippen MR) is 193 cm³/mol. The van der Waals surface area contributed by atoms with Gasteiger partial charge in [0, 0.05) is 51.6 Å². The first-order valence-corrected chi connectivity index (χ1v) is 20.2. The van der Waals surface area contributed by atoms with Gasteiger partial charge in [0.2, 0.25) is 0 Å². The topological polar surface area (TPSA) is 0 Å². The van der Waals surface area contributed by atoms with Gasteiger partial charge in [-0.1, -0.05) is 76.6 Å². The van der Waals surface area contributed by atoms with Crippen LogP contribution < -0.4 is 0 Å². The van der Waals surface area contributed by atoms with Crippen LogP contribution in [0.4, 0.5) is 0 Å². The van der Waals surface area contributed by atoms with Crippen molar-refractivity contribution in [3.8, 4) is 20.9 Å². The van der Waals surface area contributed by atoms with E-state index < -0.39 is 0 Å². The molecule has 4 heterocycles. The first kappa shape index (κ1) is 31.3. The molecule has 0 nitrogen and oxygen atoms in total. The minimum atomic E-state index is 0.624. The van der Waals surface area contributed by atoms with E-state index in [-0.39, 0.29) is 0 Å². The third-order valence-corrected chi connectivity index (χ3v) is 15.9. The van der Waals surface area contributed by atoms with E-state index in [9.17, 15) is 0 Å². The lowest BCUT2D eigenvalue weighted by atomic mass is 10.0. The van der Waals surface area contributed by atoms with E-state index in [2.05, 4.69) is 62.7 Å². The van der Waals surface area contributed by atoms with Crippen LogP contribution in [0.5, 0.6) is 0 Å². The van der Waals surface area contributed by atoms with Gasteiger partial charge in [-0.2, -0.15) is 0 Å². The molecule has 0 saturated carbocycles. The number of hydrogen-bond donors (Lipinski definition) is 0. The van der Waals surface area contributed by atoms with Gasteiger partial charge in [0.15, 0.2) is 0 Å². The number of hydrogen-bond acceptors (Lipinski definition) is 6. The van der Waals surface area contributed by atoms with Crippen LogP contribution in [0.15, 0.2) is 43.4 Å². The Balaban J connectivity index is 1.56. The molecule has 2 unspecified atom stereocenters. The molecule has 40 heavy (non-hydrogen) atoms. The van der Waals surface area contributed by atoms with Crippen LogP contribution in [-0.2, 0) is 0 Å². The molecular formula is C32H36Cl2S6. The Labute approximate surface area is 273 Å². The number of fused-ring (bicyclic) bond motifs is 2. The van der Waals surface area contributed by atoms with Crippen molar-refractivity contribution >= 4 is 112 Å². The van der Waals surface area contributed by atoms with Crippen LogP contribution in [-0.4, -0.2) is 10.5 Å². The van der Waals surface area contributed by atoms with Crippen molar-refractivity contribution < 1.29 is 0 Å². The predicted octanol–water partition coefficient (Wildman–Crippen LogP) is 15.0. The van der Waals surface area contributed by atoms with E-state index in [1.165, 1.54) is 101 Å². The summed E-state index contributed by atoms with van der Waals surface area (Å²) in [6.07, 6.45) is 9.89. The SMILES string of the molecule is CCCCC(CC)Sc1sc(-c2c3ccsc3c(-c3cc(Cl)c(SC(CC)CCCC)s3)c3ccsc23)cc1Cl. The third-order valence-electron chi connectivity index (χ3n) is 7.34. The second-order valence-electron chi connectivity index (χ2n) is 10.1. The van der Waals surface area contributed by atoms with Crippen molar-refractivity contribution in [3.63, 3.8) is 0 Å². The summed E-state index contributed by atoms with van der Waals surface area (Å²) < 4.78 is 5.22. The highest BCUT2D eigenvalue weighted by Crippen LogP contribution is 2.54. The van der Waals surface area contributed by atoms with Gasteiger partial charge in [0.05, 0.1) is 18.5 Å². The Bertz CT molecular complexity index is 1390. The summed E-state index contributed by atoms with van der Waals surface area (Å²) in [5.74, 6) is 0. The molecule has 5 aromatic rings. The van der Waals surface area contributed by atoms with E-state index >= 15 is 0 Å². The molecule has 214 valence electrons. The van der Waals surface area contributed by atoms with Gasteiger partial charge in [-0.15, -0.1) is 68.9 Å². The quantitative estimate of drug-likeness (QED) is 0.107. The van der Waals surface area contributed by atoms with Crippen molar-refractivity contribution in [2.75, 3.05) is 0 Å². The van der Waals surface area contributed by atoms with E-state index in [0.29, 0.717) is 10.5 Å². The molecule has 0 aliphatic heterocycles. The highest BCUT2D eigenvalue weighted by Gasteiger charge is 2.24. The van der Waals surface area contributed by atoms with Crippen molar-refractivity contribution in [2.45, 2.75) is 98.0 Å². The zero-order chi connectivity index (χ0) is 28.2. The van der Waals surface area contributed by atoms with Gasteiger partial charge in [0.25, 0.3) is 0 Å². The van der Waals surface area contributed by atoms with Gasteiger partial charge >= 0.3 is 0 Å². The molecule has 0 radical (unpaired) electrons. The zero-order valence-corrected chi connectivity index (χ0v) is 29.9. The summed E-state index contributed by atoms with van der Waals surface area (Å²) in [5, 5.41) is 10.2. The molecule has 0 N–H and O–H groups in total. The van der Waals surface area contributed by atoms with E-state index in [1.807, 2.05) is 68.9 Å². The molecule has 0 spiro atoms. The van der Waals surface area contributed by atoms with E-state index in [1.54, 1.807) is 0 Å². The largest absolute Gasteiger partial charge is 0.143 e. The molecule has 4 aromatic heterocycles. The van der Waals surface area contributed by atoms with Crippen LogP contribution in [0, 0.1) is 0 Å². The number of unbranched alkanes of at least 4 members (excludes halogenated alkanes) is 2. The summed E-state index contributed by atoms with van der Waals surface area (Å²) in [4.78, 5) is 2.56. The summed E-state index contributed by atoms with van der Waals surface area (Å²) in [5.41, 5.74) is 2.68. The molecule has 0 amide bonds. The third kappa shape index (κ3) is 6.65. The van der Waals surface area contributed by atoms with Crippen molar-refractivity contribution in [1.29, 1.82) is 0 Å². The maximum absolute atomic E-state index is 6.89. The first-order chi connectivity index (χ1) is 19.5. The fourth-order valence-electron chi connectivity index (χ4n) is 5.10. The Morgan fingerprint density at radius 3 is 1.48 bits per heavy atom. The van der Waals surface area contributed by atoms with Crippen LogP contribution >= 0.6 is 92.1 Å². The zero-order valence-electron chi connectivity index (χ0n) is 23.5. The average Bonchev–Trinajstić information content (AvgIpc) is 3.75. The molecule has 8 heteroatoms. The molecule has 0 aliphatic rings. The number of thioether (sulfide) groups is 2. The summed E-state index contributed by atoms with van der Waals surface area (Å²) in [7, 11) is 0. The van der Waals surface area contributed by atoms with Crippen LogP contribution in [0.2, 0.25) is 10.0 Å². The van der Waals surface area contributed by atoms with Crippen LogP contribution in [0.1, 0.15) is 79.1 Å². The lowest BCUT2D eigenvalue weighted by Crippen LogP contribution is -1.99. The molecule has 0 saturated heterocycles. The maximum atomic E-state index is 6.89. The number of thiophene rings is 4. The van der Waals surface area contributed by atoms with Gasteiger partial charge in [-0.05, 0) is 60.7 Å². The Hall–Kier alpha value is -0.180. The summed E-state index contributed by atoms with van der Waals surface area (Å²) in [6.45, 7) is 9.14. The number of halogens is 2. The molecule has 1 aromatic carbocycles. The fraction of sp³-hybridized carbons (Fsp3) is 0.438. The average molecular weight is 684 g/mol. The van der Waals surface area contributed by atoms with Crippen molar-refractivity contribution in [2.24, 2.45) is 0 Å². The number of benzene rings is 1. The molecular weight excluding hydrogens is 648 g/mol. The standard InChI is InChI=1S/C32H36Cl2S6/c1-5-9-11-19(7-3)37-31-23(33)17-25(39-31)27-21-13-15-36-30(21)28(22-14-16-35-29(22)27)26-18-24(34)32(40-26)38-20(8-4)12-10-6-2/h13-20H,5-12H2,1-4H3. The Morgan fingerprint density at radius 2 is 1.10 bits per heavy atom. The van der Waals surface area contributed by atoms with Gasteiger partial charge < -0.3 is 0 Å². The van der Waals surface area contributed by atoms with E-state index in [0.717, 1.165) is 10.0 Å². The Morgan fingerprint density at radius 1 is 0.675 bits per heavy atom. The monoisotopic (exact) mass is 682 g/mol. The van der Waals surface area contributed by atoms with Crippen LogP contribution in [0.3, 0.4) is 0 Å². The number of rotatable bonds is 14. The van der Waals surface area contributed by atoms with Crippen molar-refractivity contribution in [1.82, 2.24) is 0 Å². The second kappa shape index (κ2) is 14.5. The molecule has 0 fully saturated rings. The lowest BCUT2D eigenvalue weighted by molar-refractivity contribution is 0.670. The van der Waals surface area contributed by atoms with Gasteiger partial charge in [-0.25, -0.2) is 0 Å². The van der Waals surface area contributed by atoms with E-state index in [4.69, 9.17) is 23.2 Å². The fourth-order valence-corrected chi connectivity index (χ4v) is 13.3. The lowest BCUT2D eigenvalue weighted by Gasteiger charge is -2.13. The first-order valence-electron chi connectivity index (χ1n) is 14.3. The highest BCUT2D eigenvalue weighted by atomic mass is 35.5. The summed E-state index contributed by atoms with van der Waals surface area (Å²) >= 11 is 25.2. The molecule has 0 aliphatic carbocycles. The molecule has 2 atom stereocenters. The van der Waals surface area contributed by atoms with Crippen LogP contribution in [0.25, 0.3) is 41.1 Å².